The van der Waals surface area contributed by atoms with E-state index in [9.17, 15) is 5.26 Å². The zero-order valence-electron chi connectivity index (χ0n) is 12.3. The number of benzene rings is 1. The van der Waals surface area contributed by atoms with Crippen molar-refractivity contribution in [3.05, 3.63) is 95.6 Å². The van der Waals surface area contributed by atoms with E-state index in [1.54, 1.807) is 18.5 Å². The molecule has 0 bridgehead atoms. The van der Waals surface area contributed by atoms with Gasteiger partial charge < -0.3 is 0 Å². The van der Waals surface area contributed by atoms with E-state index in [0.717, 1.165) is 17.0 Å². The van der Waals surface area contributed by atoms with Crippen LogP contribution in [0, 0.1) is 11.3 Å². The normalized spacial score (nSPS) is 10.9. The quantitative estimate of drug-likeness (QED) is 0.737. The Kier molecular flexibility index (Phi) is 3.67. The Morgan fingerprint density at radius 1 is 0.864 bits per heavy atom. The molecule has 0 aliphatic carbocycles. The van der Waals surface area contributed by atoms with Crippen molar-refractivity contribution in [1.82, 2.24) is 9.97 Å². The Morgan fingerprint density at radius 3 is 2.00 bits per heavy atom. The molecule has 3 heteroatoms. The van der Waals surface area contributed by atoms with Crippen LogP contribution in [0.1, 0.15) is 29.4 Å². The van der Waals surface area contributed by atoms with Gasteiger partial charge in [-0.1, -0.05) is 24.3 Å². The van der Waals surface area contributed by atoms with Crippen molar-refractivity contribution in [2.24, 2.45) is 0 Å². The molecule has 0 N–H and O–H groups in total. The van der Waals surface area contributed by atoms with Gasteiger partial charge in [0.15, 0.2) is 0 Å². The number of pyridine rings is 2. The lowest BCUT2D eigenvalue weighted by molar-refractivity contribution is 0.641. The molecule has 0 fully saturated rings. The van der Waals surface area contributed by atoms with Crippen molar-refractivity contribution in [1.29, 1.82) is 5.26 Å². The summed E-state index contributed by atoms with van der Waals surface area (Å²) in [4.78, 5) is 9.07. The van der Waals surface area contributed by atoms with Gasteiger partial charge in [0.1, 0.15) is 0 Å². The van der Waals surface area contributed by atoms with E-state index < -0.39 is 5.41 Å². The molecule has 1 aromatic carbocycles. The number of rotatable bonds is 3. The third-order valence-corrected chi connectivity index (χ3v) is 3.92. The van der Waals surface area contributed by atoms with Crippen LogP contribution in [0.5, 0.6) is 0 Å². The predicted molar refractivity (Wildman–Crippen MR) is 85.2 cm³/mol. The largest absolute Gasteiger partial charge is 0.260 e. The molecule has 0 spiro atoms. The van der Waals surface area contributed by atoms with E-state index in [-0.39, 0.29) is 0 Å². The lowest BCUT2D eigenvalue weighted by atomic mass is 9.75. The van der Waals surface area contributed by atoms with Crippen LogP contribution in [0.2, 0.25) is 0 Å². The van der Waals surface area contributed by atoms with Gasteiger partial charge in [0, 0.05) is 12.4 Å². The molecule has 0 atom stereocenters. The second kappa shape index (κ2) is 5.79. The van der Waals surface area contributed by atoms with E-state index in [1.165, 1.54) is 0 Å². The Morgan fingerprint density at radius 2 is 1.50 bits per heavy atom. The van der Waals surface area contributed by atoms with Crippen molar-refractivity contribution in [3.63, 3.8) is 0 Å². The Hall–Kier alpha value is -2.99. The van der Waals surface area contributed by atoms with Crippen LogP contribution in [0.4, 0.5) is 0 Å². The SMILES string of the molecule is CC(c1cccc(C#N)c1)(c1ccccn1)c1ccccn1. The molecule has 0 radical (unpaired) electrons. The number of aromatic nitrogens is 2. The maximum atomic E-state index is 9.19. The van der Waals surface area contributed by atoms with Crippen LogP contribution in [-0.2, 0) is 5.41 Å². The molecular formula is C19H15N3. The summed E-state index contributed by atoms with van der Waals surface area (Å²) in [6, 6.07) is 21.6. The Bertz CT molecular complexity index is 765. The summed E-state index contributed by atoms with van der Waals surface area (Å²) >= 11 is 0. The third-order valence-electron chi connectivity index (χ3n) is 3.92. The van der Waals surface area contributed by atoms with Crippen molar-refractivity contribution < 1.29 is 0 Å². The molecule has 2 heterocycles. The summed E-state index contributed by atoms with van der Waals surface area (Å²) in [5.74, 6) is 0. The predicted octanol–water partition coefficient (Wildman–Crippen LogP) is 3.70. The Balaban J connectivity index is 2.26. The molecule has 3 nitrogen and oxygen atoms in total. The molecule has 3 aromatic rings. The second-order valence-corrected chi connectivity index (χ2v) is 5.25. The third kappa shape index (κ3) is 2.36. The topological polar surface area (TPSA) is 49.6 Å². The van der Waals surface area contributed by atoms with Crippen LogP contribution >= 0.6 is 0 Å². The van der Waals surface area contributed by atoms with E-state index >= 15 is 0 Å². The zero-order valence-corrected chi connectivity index (χ0v) is 12.3. The highest BCUT2D eigenvalue weighted by Crippen LogP contribution is 2.36. The van der Waals surface area contributed by atoms with Crippen LogP contribution in [-0.4, -0.2) is 9.97 Å². The highest BCUT2D eigenvalue weighted by Gasteiger charge is 2.33. The smallest absolute Gasteiger partial charge is 0.0991 e. The minimum Gasteiger partial charge on any atom is -0.260 e. The molecule has 106 valence electrons. The molecule has 0 unspecified atom stereocenters. The van der Waals surface area contributed by atoms with Crippen molar-refractivity contribution >= 4 is 0 Å². The van der Waals surface area contributed by atoms with Crippen LogP contribution < -0.4 is 0 Å². The first-order chi connectivity index (χ1) is 10.7. The van der Waals surface area contributed by atoms with E-state index in [0.29, 0.717) is 5.56 Å². The van der Waals surface area contributed by atoms with Crippen molar-refractivity contribution in [2.75, 3.05) is 0 Å². The van der Waals surface area contributed by atoms with Crippen LogP contribution in [0.3, 0.4) is 0 Å². The van der Waals surface area contributed by atoms with Gasteiger partial charge >= 0.3 is 0 Å². The molecule has 0 saturated heterocycles. The summed E-state index contributed by atoms with van der Waals surface area (Å²) < 4.78 is 0. The summed E-state index contributed by atoms with van der Waals surface area (Å²) in [5, 5.41) is 9.19. The zero-order chi connectivity index (χ0) is 15.4. The molecule has 0 amide bonds. The van der Waals surface area contributed by atoms with Crippen molar-refractivity contribution in [3.8, 4) is 6.07 Å². The first-order valence-electron chi connectivity index (χ1n) is 7.09. The molecule has 0 aliphatic heterocycles. The minimum atomic E-state index is -0.505. The summed E-state index contributed by atoms with van der Waals surface area (Å²) in [6.07, 6.45) is 3.56. The van der Waals surface area contributed by atoms with Gasteiger partial charge in [-0.05, 0) is 48.9 Å². The highest BCUT2D eigenvalue weighted by molar-refractivity contribution is 5.47. The summed E-state index contributed by atoms with van der Waals surface area (Å²) in [7, 11) is 0. The molecule has 22 heavy (non-hydrogen) atoms. The fourth-order valence-corrected chi connectivity index (χ4v) is 2.64. The highest BCUT2D eigenvalue weighted by atomic mass is 14.8. The maximum Gasteiger partial charge on any atom is 0.0991 e. The van der Waals surface area contributed by atoms with E-state index in [2.05, 4.69) is 23.0 Å². The van der Waals surface area contributed by atoms with Gasteiger partial charge in [-0.2, -0.15) is 5.26 Å². The maximum absolute atomic E-state index is 9.19. The van der Waals surface area contributed by atoms with Crippen LogP contribution in [0.15, 0.2) is 73.1 Å². The summed E-state index contributed by atoms with van der Waals surface area (Å²) in [5.41, 5.74) is 2.95. The standard InChI is InChI=1S/C19H15N3/c1-19(17-9-2-4-11-21-17,18-10-3-5-12-22-18)16-8-6-7-15(13-16)14-20/h2-13H,1H3. The molecule has 3 rings (SSSR count). The average Bonchev–Trinajstić information content (AvgIpc) is 2.62. The fourth-order valence-electron chi connectivity index (χ4n) is 2.64. The summed E-state index contributed by atoms with van der Waals surface area (Å²) in [6.45, 7) is 2.09. The van der Waals surface area contributed by atoms with Crippen LogP contribution in [0.25, 0.3) is 0 Å². The number of hydrogen-bond donors (Lipinski definition) is 0. The molecule has 0 saturated carbocycles. The van der Waals surface area contributed by atoms with E-state index in [1.807, 2.05) is 54.6 Å². The average molecular weight is 285 g/mol. The van der Waals surface area contributed by atoms with Gasteiger partial charge in [-0.15, -0.1) is 0 Å². The second-order valence-electron chi connectivity index (χ2n) is 5.25. The Labute approximate surface area is 129 Å². The van der Waals surface area contributed by atoms with Gasteiger partial charge in [0.25, 0.3) is 0 Å². The van der Waals surface area contributed by atoms with Gasteiger partial charge in [-0.25, -0.2) is 0 Å². The molecule has 0 aliphatic rings. The monoisotopic (exact) mass is 285 g/mol. The number of nitriles is 1. The van der Waals surface area contributed by atoms with Crippen molar-refractivity contribution in [2.45, 2.75) is 12.3 Å². The first kappa shape index (κ1) is 14.0. The minimum absolute atomic E-state index is 0.505. The first-order valence-corrected chi connectivity index (χ1v) is 7.09. The number of nitrogens with zero attached hydrogens (tertiary/aromatic N) is 3. The molecular weight excluding hydrogens is 270 g/mol. The lowest BCUT2D eigenvalue weighted by Gasteiger charge is -2.29. The fraction of sp³-hybridized carbons (Fsp3) is 0.105. The van der Waals surface area contributed by atoms with Gasteiger partial charge in [0.05, 0.1) is 28.4 Å². The molecule has 2 aromatic heterocycles. The van der Waals surface area contributed by atoms with Gasteiger partial charge in [-0.3, -0.25) is 9.97 Å². The van der Waals surface area contributed by atoms with E-state index in [4.69, 9.17) is 0 Å². The number of hydrogen-bond acceptors (Lipinski definition) is 3. The van der Waals surface area contributed by atoms with Gasteiger partial charge in [0.2, 0.25) is 0 Å². The lowest BCUT2D eigenvalue weighted by Crippen LogP contribution is -2.27.